The van der Waals surface area contributed by atoms with Crippen LogP contribution in [0.15, 0.2) is 34.1 Å². The van der Waals surface area contributed by atoms with Crippen LogP contribution < -0.4 is 16.6 Å². The Hall–Kier alpha value is -3.14. The Morgan fingerprint density at radius 3 is 2.73 bits per heavy atom. The fourth-order valence-corrected chi connectivity index (χ4v) is 2.45. The molecule has 0 fully saturated rings. The summed E-state index contributed by atoms with van der Waals surface area (Å²) in [5.74, 6) is 0.253. The van der Waals surface area contributed by atoms with E-state index < -0.39 is 11.2 Å². The van der Waals surface area contributed by atoms with Gasteiger partial charge in [-0.15, -0.1) is 10.2 Å². The molecular weight excluding hydrogens is 336 g/mol. The molecular formula is C16H20N8O2. The van der Waals surface area contributed by atoms with Crippen molar-refractivity contribution in [3.8, 4) is 0 Å². The molecule has 0 radical (unpaired) electrons. The van der Waals surface area contributed by atoms with Crippen LogP contribution in [0.1, 0.15) is 5.56 Å². The normalized spacial score (nSPS) is 11.2. The van der Waals surface area contributed by atoms with E-state index in [2.05, 4.69) is 25.5 Å². The lowest BCUT2D eigenvalue weighted by Crippen LogP contribution is -2.39. The van der Waals surface area contributed by atoms with Crippen molar-refractivity contribution >= 4 is 17.1 Å². The maximum absolute atomic E-state index is 12.5. The highest BCUT2D eigenvalue weighted by Crippen LogP contribution is 2.07. The Bertz CT molecular complexity index is 1030. The van der Waals surface area contributed by atoms with Crippen molar-refractivity contribution in [2.45, 2.75) is 6.54 Å². The second-order valence-electron chi connectivity index (χ2n) is 6.13. The number of pyridine rings is 1. The third kappa shape index (κ3) is 3.59. The molecule has 0 bridgehead atoms. The zero-order chi connectivity index (χ0) is 18.7. The van der Waals surface area contributed by atoms with E-state index in [1.807, 2.05) is 25.1 Å². The molecule has 136 valence electrons. The van der Waals surface area contributed by atoms with Gasteiger partial charge in [0.05, 0.1) is 6.54 Å². The van der Waals surface area contributed by atoms with E-state index in [1.165, 1.54) is 11.6 Å². The second-order valence-corrected chi connectivity index (χ2v) is 6.13. The molecule has 0 saturated heterocycles. The summed E-state index contributed by atoms with van der Waals surface area (Å²) in [6.45, 7) is 1.61. The molecule has 0 atom stereocenters. The van der Waals surface area contributed by atoms with Crippen molar-refractivity contribution in [1.82, 2.24) is 34.2 Å². The maximum Gasteiger partial charge on any atom is 0.332 e. The van der Waals surface area contributed by atoms with Crippen LogP contribution >= 0.6 is 0 Å². The summed E-state index contributed by atoms with van der Waals surface area (Å²) in [7, 11) is 5.33. The zero-order valence-electron chi connectivity index (χ0n) is 14.9. The molecule has 0 amide bonds. The fourth-order valence-electron chi connectivity index (χ4n) is 2.45. The topological polar surface area (TPSA) is 111 Å². The predicted octanol–water partition coefficient (Wildman–Crippen LogP) is -0.698. The number of fused-ring (bicyclic) bond motifs is 1. The van der Waals surface area contributed by atoms with Gasteiger partial charge in [-0.1, -0.05) is 6.07 Å². The molecule has 3 aromatic heterocycles. The lowest BCUT2D eigenvalue weighted by Gasteiger charge is -2.12. The third-order valence-electron chi connectivity index (χ3n) is 3.86. The van der Waals surface area contributed by atoms with Crippen molar-refractivity contribution < 1.29 is 0 Å². The van der Waals surface area contributed by atoms with Crippen molar-refractivity contribution in [2.24, 2.45) is 7.05 Å². The fraction of sp³-hybridized carbons (Fsp3) is 0.375. The van der Waals surface area contributed by atoms with Crippen molar-refractivity contribution in [2.75, 3.05) is 32.5 Å². The summed E-state index contributed by atoms with van der Waals surface area (Å²) in [5, 5.41) is 11.1. The first kappa shape index (κ1) is 17.7. The summed E-state index contributed by atoms with van der Waals surface area (Å²) in [4.78, 5) is 35.3. The van der Waals surface area contributed by atoms with Crippen molar-refractivity contribution in [3.05, 3.63) is 50.9 Å². The molecule has 0 aliphatic heterocycles. The van der Waals surface area contributed by atoms with Gasteiger partial charge in [-0.3, -0.25) is 18.9 Å². The highest BCUT2D eigenvalue weighted by molar-refractivity contribution is 5.69. The number of rotatable bonds is 6. The Balaban J connectivity index is 2.05. The highest BCUT2D eigenvalue weighted by atomic mass is 16.2. The Kier molecular flexibility index (Phi) is 5.03. The number of nitrogens with zero attached hydrogens (tertiary/aromatic N) is 7. The molecule has 3 aromatic rings. The predicted molar refractivity (Wildman–Crippen MR) is 97.2 cm³/mol. The van der Waals surface area contributed by atoms with E-state index in [1.54, 1.807) is 18.5 Å². The molecule has 0 saturated carbocycles. The SMILES string of the molecule is CN(C)CCNc1nnc2c(n1)c(=O)n(C)c(=O)n2Cc1cccnc1. The lowest BCUT2D eigenvalue weighted by molar-refractivity contribution is 0.425. The molecule has 26 heavy (non-hydrogen) atoms. The van der Waals surface area contributed by atoms with Gasteiger partial charge in [0, 0.05) is 32.5 Å². The number of aromatic nitrogens is 6. The highest BCUT2D eigenvalue weighted by Gasteiger charge is 2.15. The first-order valence-corrected chi connectivity index (χ1v) is 8.09. The van der Waals surface area contributed by atoms with E-state index in [-0.39, 0.29) is 23.7 Å². The summed E-state index contributed by atoms with van der Waals surface area (Å²) < 4.78 is 2.40. The number of nitrogens with one attached hydrogen (secondary N) is 1. The second kappa shape index (κ2) is 7.40. The summed E-state index contributed by atoms with van der Waals surface area (Å²) in [6.07, 6.45) is 3.31. The minimum Gasteiger partial charge on any atom is -0.352 e. The zero-order valence-corrected chi connectivity index (χ0v) is 14.9. The largest absolute Gasteiger partial charge is 0.352 e. The van der Waals surface area contributed by atoms with Crippen LogP contribution in [0, 0.1) is 0 Å². The van der Waals surface area contributed by atoms with Crippen LogP contribution in [0.2, 0.25) is 0 Å². The van der Waals surface area contributed by atoms with Crippen LogP contribution in [-0.2, 0) is 13.6 Å². The molecule has 0 unspecified atom stereocenters. The monoisotopic (exact) mass is 356 g/mol. The molecule has 10 heteroatoms. The van der Waals surface area contributed by atoms with Gasteiger partial charge in [-0.2, -0.15) is 0 Å². The van der Waals surface area contributed by atoms with Crippen LogP contribution in [0.5, 0.6) is 0 Å². The third-order valence-corrected chi connectivity index (χ3v) is 3.86. The number of likely N-dealkylation sites (N-methyl/N-ethyl adjacent to an activating group) is 1. The van der Waals surface area contributed by atoms with E-state index in [0.717, 1.165) is 16.7 Å². The smallest absolute Gasteiger partial charge is 0.332 e. The van der Waals surface area contributed by atoms with E-state index >= 15 is 0 Å². The minimum absolute atomic E-state index is 0.0957. The number of anilines is 1. The van der Waals surface area contributed by atoms with Gasteiger partial charge in [-0.25, -0.2) is 9.78 Å². The Labute approximate surface area is 149 Å². The van der Waals surface area contributed by atoms with Gasteiger partial charge in [0.2, 0.25) is 5.95 Å². The molecule has 0 aliphatic rings. The van der Waals surface area contributed by atoms with Crippen molar-refractivity contribution in [3.63, 3.8) is 0 Å². The first-order chi connectivity index (χ1) is 12.5. The lowest BCUT2D eigenvalue weighted by atomic mass is 10.3. The van der Waals surface area contributed by atoms with Gasteiger partial charge >= 0.3 is 5.69 Å². The minimum atomic E-state index is -0.502. The molecule has 1 N–H and O–H groups in total. The Morgan fingerprint density at radius 2 is 2.04 bits per heavy atom. The standard InChI is InChI=1S/C16H20N8O2/c1-22(2)8-7-18-15-19-12-13(20-21-15)24(16(26)23(3)14(12)25)10-11-5-4-6-17-9-11/h4-6,9H,7-8,10H2,1-3H3,(H,18,19,21). The van der Waals surface area contributed by atoms with Gasteiger partial charge in [-0.05, 0) is 25.7 Å². The average molecular weight is 356 g/mol. The number of hydrogen-bond donors (Lipinski definition) is 1. The summed E-state index contributed by atoms with van der Waals surface area (Å²) in [6, 6.07) is 3.62. The van der Waals surface area contributed by atoms with Crippen LogP contribution in [-0.4, -0.2) is 61.4 Å². The van der Waals surface area contributed by atoms with Crippen LogP contribution in [0.3, 0.4) is 0 Å². The first-order valence-electron chi connectivity index (χ1n) is 8.09. The summed E-state index contributed by atoms with van der Waals surface area (Å²) in [5.41, 5.74) is 0.0803. The van der Waals surface area contributed by atoms with E-state index in [0.29, 0.717) is 6.54 Å². The number of hydrogen-bond acceptors (Lipinski definition) is 8. The van der Waals surface area contributed by atoms with Gasteiger partial charge in [0.15, 0.2) is 11.2 Å². The quantitative estimate of drug-likeness (QED) is 0.617. The van der Waals surface area contributed by atoms with Gasteiger partial charge < -0.3 is 10.2 Å². The van der Waals surface area contributed by atoms with E-state index in [4.69, 9.17) is 0 Å². The molecule has 0 aliphatic carbocycles. The van der Waals surface area contributed by atoms with Gasteiger partial charge in [0.25, 0.3) is 5.56 Å². The van der Waals surface area contributed by atoms with Crippen molar-refractivity contribution in [1.29, 1.82) is 0 Å². The molecule has 3 heterocycles. The average Bonchev–Trinajstić information content (AvgIpc) is 2.64. The molecule has 0 spiro atoms. The summed E-state index contributed by atoms with van der Waals surface area (Å²) >= 11 is 0. The molecule has 10 nitrogen and oxygen atoms in total. The maximum atomic E-state index is 12.5. The van der Waals surface area contributed by atoms with Crippen LogP contribution in [0.4, 0.5) is 5.95 Å². The van der Waals surface area contributed by atoms with Crippen LogP contribution in [0.25, 0.3) is 11.2 Å². The molecule has 3 rings (SSSR count). The van der Waals surface area contributed by atoms with E-state index in [9.17, 15) is 9.59 Å². The van der Waals surface area contributed by atoms with Gasteiger partial charge in [0.1, 0.15) is 0 Å². The Morgan fingerprint density at radius 1 is 1.23 bits per heavy atom. The molecule has 0 aromatic carbocycles.